The molecule has 0 spiro atoms. The Morgan fingerprint density at radius 3 is 2.89 bits per heavy atom. The predicted octanol–water partition coefficient (Wildman–Crippen LogP) is 2.13. The number of aromatic nitrogens is 2. The molecule has 1 heterocycles. The average Bonchev–Trinajstić information content (AvgIpc) is 2.46. The van der Waals surface area contributed by atoms with Gasteiger partial charge in [0.1, 0.15) is 6.33 Å². The van der Waals surface area contributed by atoms with Crippen LogP contribution in [0.25, 0.3) is 0 Å². The molecular formula is C12H11BrN4OS. The van der Waals surface area contributed by atoms with Gasteiger partial charge in [0.2, 0.25) is 0 Å². The van der Waals surface area contributed by atoms with E-state index in [9.17, 15) is 4.79 Å². The number of thioether (sulfide) groups is 1. The predicted molar refractivity (Wildman–Crippen MR) is 77.4 cm³/mol. The van der Waals surface area contributed by atoms with Gasteiger partial charge in [0.25, 0.3) is 5.91 Å². The standard InChI is InChI=1S/C12H11BrN4OS/c13-10-5-8(12(18)17-14)1-2-9(10)6-19-11-3-4-15-7-16-11/h1-5,7H,6,14H2,(H,17,18). The fraction of sp³-hybridized carbons (Fsp3) is 0.0833. The van der Waals surface area contributed by atoms with Crippen molar-refractivity contribution in [3.05, 3.63) is 52.4 Å². The van der Waals surface area contributed by atoms with E-state index in [1.807, 2.05) is 12.1 Å². The van der Waals surface area contributed by atoms with Crippen molar-refractivity contribution in [1.29, 1.82) is 0 Å². The zero-order valence-electron chi connectivity index (χ0n) is 9.84. The van der Waals surface area contributed by atoms with Crippen molar-refractivity contribution in [2.45, 2.75) is 10.8 Å². The van der Waals surface area contributed by atoms with E-state index in [-0.39, 0.29) is 5.91 Å². The van der Waals surface area contributed by atoms with Crippen molar-refractivity contribution in [3.63, 3.8) is 0 Å². The van der Waals surface area contributed by atoms with Crippen LogP contribution in [0.2, 0.25) is 0 Å². The fourth-order valence-electron chi connectivity index (χ4n) is 1.40. The van der Waals surface area contributed by atoms with Crippen LogP contribution in [0.3, 0.4) is 0 Å². The molecule has 0 bridgehead atoms. The Morgan fingerprint density at radius 2 is 2.26 bits per heavy atom. The number of hydrogen-bond donors (Lipinski definition) is 2. The molecule has 19 heavy (non-hydrogen) atoms. The SMILES string of the molecule is NNC(=O)c1ccc(CSc2ccncn2)c(Br)c1. The quantitative estimate of drug-likeness (QED) is 0.293. The highest BCUT2D eigenvalue weighted by Gasteiger charge is 2.07. The number of rotatable bonds is 4. The molecule has 0 atom stereocenters. The maximum atomic E-state index is 11.4. The van der Waals surface area contributed by atoms with Crippen LogP contribution in [0.4, 0.5) is 0 Å². The van der Waals surface area contributed by atoms with Gasteiger partial charge in [-0.3, -0.25) is 10.2 Å². The molecule has 5 nitrogen and oxygen atoms in total. The van der Waals surface area contributed by atoms with Gasteiger partial charge < -0.3 is 0 Å². The minimum atomic E-state index is -0.310. The number of carbonyl (C=O) groups is 1. The molecule has 0 saturated carbocycles. The fourth-order valence-corrected chi connectivity index (χ4v) is 2.94. The van der Waals surface area contributed by atoms with Gasteiger partial charge in [-0.25, -0.2) is 15.8 Å². The number of nitrogens with zero attached hydrogens (tertiary/aromatic N) is 2. The van der Waals surface area contributed by atoms with Gasteiger partial charge in [0.15, 0.2) is 0 Å². The summed E-state index contributed by atoms with van der Waals surface area (Å²) >= 11 is 5.05. The molecule has 2 aromatic rings. The number of benzene rings is 1. The zero-order chi connectivity index (χ0) is 13.7. The Kier molecular flexibility index (Phi) is 4.89. The van der Waals surface area contributed by atoms with Crippen LogP contribution >= 0.6 is 27.7 Å². The molecule has 0 aliphatic rings. The summed E-state index contributed by atoms with van der Waals surface area (Å²) in [5.41, 5.74) is 3.70. The molecule has 0 radical (unpaired) electrons. The van der Waals surface area contributed by atoms with Gasteiger partial charge in [-0.15, -0.1) is 11.8 Å². The first kappa shape index (κ1) is 14.0. The van der Waals surface area contributed by atoms with Gasteiger partial charge in [0.05, 0.1) is 5.03 Å². The smallest absolute Gasteiger partial charge is 0.265 e. The van der Waals surface area contributed by atoms with Crippen LogP contribution < -0.4 is 11.3 Å². The van der Waals surface area contributed by atoms with Crippen LogP contribution in [0.1, 0.15) is 15.9 Å². The number of amides is 1. The third-order valence-electron chi connectivity index (χ3n) is 2.38. The second-order valence-electron chi connectivity index (χ2n) is 3.62. The van der Waals surface area contributed by atoms with Gasteiger partial charge in [-0.05, 0) is 23.8 Å². The summed E-state index contributed by atoms with van der Waals surface area (Å²) < 4.78 is 0.871. The van der Waals surface area contributed by atoms with E-state index < -0.39 is 0 Å². The highest BCUT2D eigenvalue weighted by atomic mass is 79.9. The van der Waals surface area contributed by atoms with Crippen molar-refractivity contribution in [1.82, 2.24) is 15.4 Å². The largest absolute Gasteiger partial charge is 0.290 e. The second-order valence-corrected chi connectivity index (χ2v) is 5.47. The van der Waals surface area contributed by atoms with E-state index in [1.54, 1.807) is 30.1 Å². The van der Waals surface area contributed by atoms with Crippen molar-refractivity contribution in [2.75, 3.05) is 0 Å². The van der Waals surface area contributed by atoms with E-state index in [0.29, 0.717) is 5.56 Å². The highest BCUT2D eigenvalue weighted by Crippen LogP contribution is 2.26. The Hall–Kier alpha value is -1.44. The first-order valence-corrected chi connectivity index (χ1v) is 7.16. The topological polar surface area (TPSA) is 80.9 Å². The molecule has 0 aliphatic carbocycles. The van der Waals surface area contributed by atoms with Crippen molar-refractivity contribution in [2.24, 2.45) is 5.84 Å². The normalized spacial score (nSPS) is 10.2. The van der Waals surface area contributed by atoms with Crippen LogP contribution in [-0.4, -0.2) is 15.9 Å². The van der Waals surface area contributed by atoms with Gasteiger partial charge in [0, 0.05) is 22.0 Å². The lowest BCUT2D eigenvalue weighted by Gasteiger charge is -2.06. The van der Waals surface area contributed by atoms with E-state index >= 15 is 0 Å². The molecule has 7 heteroatoms. The molecule has 1 aromatic heterocycles. The average molecular weight is 339 g/mol. The maximum Gasteiger partial charge on any atom is 0.265 e. The number of hydrogen-bond acceptors (Lipinski definition) is 5. The first-order valence-electron chi connectivity index (χ1n) is 5.39. The summed E-state index contributed by atoms with van der Waals surface area (Å²) in [5, 5.41) is 0.908. The number of hydrazine groups is 1. The van der Waals surface area contributed by atoms with Crippen LogP contribution in [0, 0.1) is 0 Å². The van der Waals surface area contributed by atoms with Crippen molar-refractivity contribution >= 4 is 33.6 Å². The zero-order valence-corrected chi connectivity index (χ0v) is 12.2. The summed E-state index contributed by atoms with van der Waals surface area (Å²) in [6.45, 7) is 0. The second kappa shape index (κ2) is 6.65. The third kappa shape index (κ3) is 3.76. The summed E-state index contributed by atoms with van der Waals surface area (Å²) in [6, 6.07) is 7.23. The summed E-state index contributed by atoms with van der Waals surface area (Å²) in [6.07, 6.45) is 3.23. The van der Waals surface area contributed by atoms with E-state index in [1.165, 1.54) is 6.33 Å². The Morgan fingerprint density at radius 1 is 1.42 bits per heavy atom. The third-order valence-corrected chi connectivity index (χ3v) is 4.11. The van der Waals surface area contributed by atoms with Crippen LogP contribution in [-0.2, 0) is 5.75 Å². The molecule has 1 amide bonds. The summed E-state index contributed by atoms with van der Waals surface area (Å²) in [4.78, 5) is 19.4. The molecular weight excluding hydrogens is 328 g/mol. The molecule has 0 saturated heterocycles. The molecule has 3 N–H and O–H groups in total. The minimum absolute atomic E-state index is 0.310. The van der Waals surface area contributed by atoms with Crippen molar-refractivity contribution < 1.29 is 4.79 Å². The first-order chi connectivity index (χ1) is 9.20. The van der Waals surface area contributed by atoms with Crippen LogP contribution in [0.15, 0.2) is 46.3 Å². The van der Waals surface area contributed by atoms with E-state index in [0.717, 1.165) is 20.8 Å². The highest BCUT2D eigenvalue weighted by molar-refractivity contribution is 9.10. The lowest BCUT2D eigenvalue weighted by atomic mass is 10.1. The molecule has 0 aliphatic heterocycles. The number of nitrogens with two attached hydrogens (primary N) is 1. The molecule has 0 unspecified atom stereocenters. The number of halogens is 1. The lowest BCUT2D eigenvalue weighted by Crippen LogP contribution is -2.29. The van der Waals surface area contributed by atoms with E-state index in [2.05, 4.69) is 31.3 Å². The Labute approximate surface area is 123 Å². The van der Waals surface area contributed by atoms with Crippen molar-refractivity contribution in [3.8, 4) is 0 Å². The lowest BCUT2D eigenvalue weighted by molar-refractivity contribution is 0.0953. The molecule has 2 rings (SSSR count). The number of nitrogens with one attached hydrogen (secondary N) is 1. The molecule has 0 fully saturated rings. The van der Waals surface area contributed by atoms with Gasteiger partial charge in [-0.2, -0.15) is 0 Å². The monoisotopic (exact) mass is 338 g/mol. The molecule has 98 valence electrons. The summed E-state index contributed by atoms with van der Waals surface area (Å²) in [7, 11) is 0. The number of carbonyl (C=O) groups excluding carboxylic acids is 1. The van der Waals surface area contributed by atoms with Gasteiger partial charge >= 0.3 is 0 Å². The summed E-state index contributed by atoms with van der Waals surface area (Å²) in [5.74, 6) is 5.54. The number of nitrogen functional groups attached to an aromatic ring is 1. The molecule has 1 aromatic carbocycles. The maximum absolute atomic E-state index is 11.4. The van der Waals surface area contributed by atoms with Crippen LogP contribution in [0.5, 0.6) is 0 Å². The Balaban J connectivity index is 2.07. The van der Waals surface area contributed by atoms with Gasteiger partial charge in [-0.1, -0.05) is 22.0 Å². The minimum Gasteiger partial charge on any atom is -0.290 e. The van der Waals surface area contributed by atoms with E-state index in [4.69, 9.17) is 5.84 Å². The Bertz CT molecular complexity index is 579.